The van der Waals surface area contributed by atoms with Gasteiger partial charge in [-0.2, -0.15) is 0 Å². The lowest BCUT2D eigenvalue weighted by molar-refractivity contribution is -0.125. The summed E-state index contributed by atoms with van der Waals surface area (Å²) in [6.07, 6.45) is 5.60. The molecular formula is C21H30FN3O4. The summed E-state index contributed by atoms with van der Waals surface area (Å²) < 4.78 is 19.6. The smallest absolute Gasteiger partial charge is 0.319 e. The number of rotatable bonds is 7. The molecule has 0 bridgehead atoms. The Morgan fingerprint density at radius 3 is 2.62 bits per heavy atom. The first-order valence-corrected chi connectivity index (χ1v) is 10.4. The van der Waals surface area contributed by atoms with Crippen LogP contribution in [0.1, 0.15) is 44.9 Å². The number of benzene rings is 1. The van der Waals surface area contributed by atoms with Crippen LogP contribution >= 0.6 is 0 Å². The standard InChI is InChI=1S/C21H30FN3O4/c22-16-7-3-4-8-17(16)24-21(28)25-18-10-9-15(29-19(18)13-26)11-12-23-20(27)14-5-1-2-6-14/h3-4,7-8,14-15,18-19,26H,1-2,5-6,9-13H2,(H,23,27)(H2,24,25,28)/t15-,18-,19+/m0/s1. The summed E-state index contributed by atoms with van der Waals surface area (Å²) in [5, 5.41) is 17.9. The van der Waals surface area contributed by atoms with Crippen LogP contribution < -0.4 is 16.0 Å². The zero-order chi connectivity index (χ0) is 20.6. The summed E-state index contributed by atoms with van der Waals surface area (Å²) >= 11 is 0. The van der Waals surface area contributed by atoms with Crippen LogP contribution in [0.25, 0.3) is 0 Å². The van der Waals surface area contributed by atoms with E-state index in [-0.39, 0.29) is 36.3 Å². The normalized spacial score (nSPS) is 24.8. The van der Waals surface area contributed by atoms with Crippen molar-refractivity contribution >= 4 is 17.6 Å². The number of urea groups is 1. The number of carbonyl (C=O) groups excluding carboxylic acids is 2. The number of hydrogen-bond acceptors (Lipinski definition) is 4. The van der Waals surface area contributed by atoms with E-state index in [1.54, 1.807) is 12.1 Å². The predicted molar refractivity (Wildman–Crippen MR) is 107 cm³/mol. The second-order valence-electron chi connectivity index (χ2n) is 7.80. The minimum Gasteiger partial charge on any atom is -0.394 e. The lowest BCUT2D eigenvalue weighted by Gasteiger charge is -2.36. The molecule has 7 nitrogen and oxygen atoms in total. The first-order valence-electron chi connectivity index (χ1n) is 10.4. The molecule has 1 aliphatic carbocycles. The zero-order valence-electron chi connectivity index (χ0n) is 16.5. The molecule has 2 aliphatic rings. The molecule has 0 aromatic heterocycles. The number of amides is 3. The van der Waals surface area contributed by atoms with Crippen molar-refractivity contribution in [3.63, 3.8) is 0 Å². The molecule has 0 unspecified atom stereocenters. The van der Waals surface area contributed by atoms with Gasteiger partial charge in [0.15, 0.2) is 0 Å². The molecular weight excluding hydrogens is 377 g/mol. The van der Waals surface area contributed by atoms with E-state index < -0.39 is 18.0 Å². The molecule has 29 heavy (non-hydrogen) atoms. The molecule has 1 saturated heterocycles. The van der Waals surface area contributed by atoms with Crippen molar-refractivity contribution in [3.05, 3.63) is 30.1 Å². The third kappa shape index (κ3) is 6.14. The molecule has 3 rings (SSSR count). The molecule has 1 aliphatic heterocycles. The number of nitrogens with one attached hydrogen (secondary N) is 3. The highest BCUT2D eigenvalue weighted by atomic mass is 19.1. The molecule has 0 spiro atoms. The summed E-state index contributed by atoms with van der Waals surface area (Å²) in [6, 6.07) is 5.03. The molecule has 160 valence electrons. The highest BCUT2D eigenvalue weighted by molar-refractivity contribution is 5.89. The fourth-order valence-corrected chi connectivity index (χ4v) is 4.09. The summed E-state index contributed by atoms with van der Waals surface area (Å²) in [4.78, 5) is 24.3. The molecule has 3 atom stereocenters. The number of para-hydroxylation sites is 1. The van der Waals surface area contributed by atoms with Crippen LogP contribution in [-0.4, -0.2) is 48.4 Å². The van der Waals surface area contributed by atoms with Crippen molar-refractivity contribution in [2.45, 2.75) is 63.2 Å². The quantitative estimate of drug-likeness (QED) is 0.558. The Morgan fingerprint density at radius 1 is 1.14 bits per heavy atom. The van der Waals surface area contributed by atoms with Crippen molar-refractivity contribution in [1.29, 1.82) is 0 Å². The van der Waals surface area contributed by atoms with Gasteiger partial charge in [0.2, 0.25) is 5.91 Å². The number of hydrogen-bond donors (Lipinski definition) is 4. The molecule has 1 heterocycles. The first kappa shape index (κ1) is 21.5. The molecule has 1 aromatic carbocycles. The van der Waals surface area contributed by atoms with Crippen molar-refractivity contribution in [2.24, 2.45) is 5.92 Å². The number of aliphatic hydroxyl groups is 1. The predicted octanol–water partition coefficient (Wildman–Crippen LogP) is 2.55. The Hall–Kier alpha value is -2.19. The Kier molecular flexibility index (Phi) is 7.83. The van der Waals surface area contributed by atoms with Crippen molar-refractivity contribution in [1.82, 2.24) is 10.6 Å². The number of carbonyl (C=O) groups is 2. The van der Waals surface area contributed by atoms with E-state index in [0.717, 1.165) is 25.7 Å². The largest absolute Gasteiger partial charge is 0.394 e. The Balaban J connectivity index is 1.41. The SMILES string of the molecule is O=C(Nc1ccccc1F)N[C@H]1CC[C@@H](CCNC(=O)C2CCCC2)O[C@@H]1CO. The maximum Gasteiger partial charge on any atom is 0.319 e. The van der Waals surface area contributed by atoms with E-state index in [9.17, 15) is 19.1 Å². The van der Waals surface area contributed by atoms with E-state index in [0.29, 0.717) is 25.8 Å². The Labute approximate surface area is 170 Å². The van der Waals surface area contributed by atoms with E-state index in [2.05, 4.69) is 16.0 Å². The minimum absolute atomic E-state index is 0.0799. The molecule has 1 saturated carbocycles. The highest BCUT2D eigenvalue weighted by Crippen LogP contribution is 2.25. The second-order valence-corrected chi connectivity index (χ2v) is 7.80. The molecule has 8 heteroatoms. The average molecular weight is 407 g/mol. The Morgan fingerprint density at radius 2 is 1.90 bits per heavy atom. The van der Waals surface area contributed by atoms with Crippen LogP contribution in [0, 0.1) is 11.7 Å². The fourth-order valence-electron chi connectivity index (χ4n) is 4.09. The molecule has 3 amide bonds. The number of aliphatic hydroxyl groups excluding tert-OH is 1. The number of halogens is 1. The summed E-state index contributed by atoms with van der Waals surface area (Å²) in [6.45, 7) is 0.319. The van der Waals surface area contributed by atoms with Gasteiger partial charge in [-0.15, -0.1) is 0 Å². The van der Waals surface area contributed by atoms with Gasteiger partial charge >= 0.3 is 6.03 Å². The third-order valence-electron chi connectivity index (χ3n) is 5.73. The summed E-state index contributed by atoms with van der Waals surface area (Å²) in [5.41, 5.74) is 0.0955. The van der Waals surface area contributed by atoms with E-state index in [4.69, 9.17) is 4.74 Å². The zero-order valence-corrected chi connectivity index (χ0v) is 16.5. The van der Waals surface area contributed by atoms with Gasteiger partial charge in [0.05, 0.1) is 24.4 Å². The topological polar surface area (TPSA) is 99.7 Å². The van der Waals surface area contributed by atoms with Crippen LogP contribution in [0.2, 0.25) is 0 Å². The van der Waals surface area contributed by atoms with Gasteiger partial charge in [0.25, 0.3) is 0 Å². The van der Waals surface area contributed by atoms with Crippen molar-refractivity contribution in [3.8, 4) is 0 Å². The van der Waals surface area contributed by atoms with Crippen LogP contribution in [0.3, 0.4) is 0 Å². The lowest BCUT2D eigenvalue weighted by atomic mass is 9.97. The maximum atomic E-state index is 13.7. The van der Waals surface area contributed by atoms with Gasteiger partial charge in [-0.25, -0.2) is 9.18 Å². The second kappa shape index (κ2) is 10.5. The van der Waals surface area contributed by atoms with Gasteiger partial charge < -0.3 is 25.8 Å². The highest BCUT2D eigenvalue weighted by Gasteiger charge is 2.32. The molecule has 1 aromatic rings. The van der Waals surface area contributed by atoms with Crippen LogP contribution in [-0.2, 0) is 9.53 Å². The molecule has 0 radical (unpaired) electrons. The van der Waals surface area contributed by atoms with Crippen LogP contribution in [0.5, 0.6) is 0 Å². The summed E-state index contributed by atoms with van der Waals surface area (Å²) in [5.74, 6) is -0.239. The minimum atomic E-state index is -0.538. The van der Waals surface area contributed by atoms with E-state index in [1.807, 2.05) is 0 Å². The van der Waals surface area contributed by atoms with Gasteiger partial charge in [0.1, 0.15) is 11.9 Å². The molecule has 4 N–H and O–H groups in total. The monoisotopic (exact) mass is 407 g/mol. The van der Waals surface area contributed by atoms with Gasteiger partial charge in [-0.3, -0.25) is 4.79 Å². The van der Waals surface area contributed by atoms with Crippen molar-refractivity contribution < 1.29 is 23.8 Å². The fraction of sp³-hybridized carbons (Fsp3) is 0.619. The third-order valence-corrected chi connectivity index (χ3v) is 5.73. The van der Waals surface area contributed by atoms with Gasteiger partial charge in [-0.1, -0.05) is 25.0 Å². The maximum absolute atomic E-state index is 13.7. The number of ether oxygens (including phenoxy) is 1. The van der Waals surface area contributed by atoms with E-state index >= 15 is 0 Å². The molecule has 2 fully saturated rings. The van der Waals surface area contributed by atoms with Gasteiger partial charge in [0, 0.05) is 12.5 Å². The Bertz CT molecular complexity index is 696. The van der Waals surface area contributed by atoms with E-state index in [1.165, 1.54) is 12.1 Å². The van der Waals surface area contributed by atoms with Crippen LogP contribution in [0.4, 0.5) is 14.9 Å². The summed E-state index contributed by atoms with van der Waals surface area (Å²) in [7, 11) is 0. The number of anilines is 1. The average Bonchev–Trinajstić information content (AvgIpc) is 3.25. The lowest BCUT2D eigenvalue weighted by Crippen LogP contribution is -2.52. The van der Waals surface area contributed by atoms with Gasteiger partial charge in [-0.05, 0) is 44.2 Å². The van der Waals surface area contributed by atoms with Crippen LogP contribution in [0.15, 0.2) is 24.3 Å². The first-order chi connectivity index (χ1) is 14.1. The van der Waals surface area contributed by atoms with Crippen molar-refractivity contribution in [2.75, 3.05) is 18.5 Å².